The molecule has 8 heteroatoms. The molecule has 1 atom stereocenters. The lowest BCUT2D eigenvalue weighted by Crippen LogP contribution is -2.41. The second kappa shape index (κ2) is 7.25. The number of carboxylic acids is 1. The van der Waals surface area contributed by atoms with Gasteiger partial charge in [0.2, 0.25) is 5.91 Å². The Morgan fingerprint density at radius 3 is 2.80 bits per heavy atom. The second-order valence-corrected chi connectivity index (χ2v) is 6.00. The highest BCUT2D eigenvalue weighted by Crippen LogP contribution is 2.22. The number of carbonyl (C=O) groups excluding carboxylic acids is 1. The summed E-state index contributed by atoms with van der Waals surface area (Å²) >= 11 is 0. The van der Waals surface area contributed by atoms with Gasteiger partial charge in [-0.2, -0.15) is 0 Å². The number of carboxylic acid groups (broad SMARTS) is 1. The van der Waals surface area contributed by atoms with Crippen molar-refractivity contribution in [2.24, 2.45) is 5.92 Å². The lowest BCUT2D eigenvalue weighted by Gasteiger charge is -2.32. The maximum atomic E-state index is 12.5. The van der Waals surface area contributed by atoms with Crippen molar-refractivity contribution in [3.63, 3.8) is 0 Å². The molecule has 0 aliphatic carbocycles. The SMILES string of the molecule is Cc1cccc(NC(=O)C2CCCN(c3cnc(C(=O)O)cn3)C2)n1. The number of amides is 1. The molecule has 0 saturated carbocycles. The molecule has 2 aromatic heterocycles. The number of pyridine rings is 1. The van der Waals surface area contributed by atoms with Gasteiger partial charge in [-0.3, -0.25) is 4.79 Å². The van der Waals surface area contributed by atoms with E-state index in [4.69, 9.17) is 5.11 Å². The molecule has 2 aromatic rings. The summed E-state index contributed by atoms with van der Waals surface area (Å²) in [6.45, 7) is 3.14. The number of hydrogen-bond acceptors (Lipinski definition) is 6. The highest BCUT2D eigenvalue weighted by Gasteiger charge is 2.27. The van der Waals surface area contributed by atoms with Gasteiger partial charge in [0, 0.05) is 18.8 Å². The van der Waals surface area contributed by atoms with Gasteiger partial charge in [0.15, 0.2) is 5.69 Å². The standard InChI is InChI=1S/C17H19N5O3/c1-11-4-2-6-14(20-11)21-16(23)12-5-3-7-22(10-12)15-9-18-13(8-19-15)17(24)25/h2,4,6,8-9,12H,3,5,7,10H2,1H3,(H,24,25)(H,20,21,23). The molecule has 8 nitrogen and oxygen atoms in total. The third kappa shape index (κ3) is 4.09. The molecule has 0 radical (unpaired) electrons. The van der Waals surface area contributed by atoms with E-state index < -0.39 is 5.97 Å². The molecule has 1 aliphatic heterocycles. The van der Waals surface area contributed by atoms with Crippen LogP contribution in [0.15, 0.2) is 30.6 Å². The fourth-order valence-corrected chi connectivity index (χ4v) is 2.84. The van der Waals surface area contributed by atoms with Gasteiger partial charge in [-0.05, 0) is 31.9 Å². The smallest absolute Gasteiger partial charge is 0.356 e. The third-order valence-electron chi connectivity index (χ3n) is 4.11. The van der Waals surface area contributed by atoms with Crippen molar-refractivity contribution in [2.75, 3.05) is 23.3 Å². The Morgan fingerprint density at radius 1 is 1.28 bits per heavy atom. The van der Waals surface area contributed by atoms with E-state index in [9.17, 15) is 9.59 Å². The first-order chi connectivity index (χ1) is 12.0. The highest BCUT2D eigenvalue weighted by atomic mass is 16.4. The average molecular weight is 341 g/mol. The van der Waals surface area contributed by atoms with E-state index in [1.165, 1.54) is 12.4 Å². The van der Waals surface area contributed by atoms with Crippen LogP contribution < -0.4 is 10.2 Å². The predicted molar refractivity (Wildman–Crippen MR) is 91.5 cm³/mol. The number of nitrogens with zero attached hydrogens (tertiary/aromatic N) is 4. The first-order valence-electron chi connectivity index (χ1n) is 8.08. The molecular weight excluding hydrogens is 322 g/mol. The van der Waals surface area contributed by atoms with Crippen molar-refractivity contribution in [3.05, 3.63) is 42.0 Å². The quantitative estimate of drug-likeness (QED) is 0.872. The number of aryl methyl sites for hydroxylation is 1. The summed E-state index contributed by atoms with van der Waals surface area (Å²) in [5, 5.41) is 11.7. The lowest BCUT2D eigenvalue weighted by atomic mass is 9.97. The monoisotopic (exact) mass is 341 g/mol. The van der Waals surface area contributed by atoms with Gasteiger partial charge in [0.05, 0.1) is 18.3 Å². The Balaban J connectivity index is 1.66. The second-order valence-electron chi connectivity index (χ2n) is 6.00. The van der Waals surface area contributed by atoms with E-state index in [0.29, 0.717) is 18.2 Å². The van der Waals surface area contributed by atoms with E-state index >= 15 is 0 Å². The van der Waals surface area contributed by atoms with Crippen LogP contribution in [0.2, 0.25) is 0 Å². The Hall–Kier alpha value is -3.03. The summed E-state index contributed by atoms with van der Waals surface area (Å²) < 4.78 is 0. The molecule has 1 aliphatic rings. The summed E-state index contributed by atoms with van der Waals surface area (Å²) in [6.07, 6.45) is 4.31. The summed E-state index contributed by atoms with van der Waals surface area (Å²) in [5.74, 6) is -0.237. The fraction of sp³-hybridized carbons (Fsp3) is 0.353. The molecule has 0 aromatic carbocycles. The van der Waals surface area contributed by atoms with Crippen LogP contribution in [-0.4, -0.2) is 45.0 Å². The Kier molecular flexibility index (Phi) is 4.87. The van der Waals surface area contributed by atoms with Gasteiger partial charge in [0.25, 0.3) is 0 Å². The largest absolute Gasteiger partial charge is 0.476 e. The number of nitrogens with one attached hydrogen (secondary N) is 1. The van der Waals surface area contributed by atoms with Crippen molar-refractivity contribution in [2.45, 2.75) is 19.8 Å². The molecule has 1 amide bonds. The topological polar surface area (TPSA) is 108 Å². The Morgan fingerprint density at radius 2 is 2.12 bits per heavy atom. The molecule has 1 fully saturated rings. The minimum atomic E-state index is -1.11. The zero-order valence-electron chi connectivity index (χ0n) is 13.8. The molecule has 3 heterocycles. The minimum absolute atomic E-state index is 0.0714. The van der Waals surface area contributed by atoms with Crippen LogP contribution in [0.1, 0.15) is 29.0 Å². The zero-order valence-corrected chi connectivity index (χ0v) is 13.8. The third-order valence-corrected chi connectivity index (χ3v) is 4.11. The number of anilines is 2. The van der Waals surface area contributed by atoms with Crippen molar-refractivity contribution in [1.29, 1.82) is 0 Å². The molecular formula is C17H19N5O3. The van der Waals surface area contributed by atoms with E-state index in [1.807, 2.05) is 24.0 Å². The van der Waals surface area contributed by atoms with Gasteiger partial charge in [0.1, 0.15) is 11.6 Å². The molecule has 3 rings (SSSR count). The number of piperidine rings is 1. The normalized spacial score (nSPS) is 17.2. The van der Waals surface area contributed by atoms with Crippen LogP contribution in [0.25, 0.3) is 0 Å². The van der Waals surface area contributed by atoms with Crippen LogP contribution in [0.3, 0.4) is 0 Å². The number of aromatic nitrogens is 3. The van der Waals surface area contributed by atoms with E-state index in [-0.39, 0.29) is 17.5 Å². The van der Waals surface area contributed by atoms with E-state index in [0.717, 1.165) is 25.1 Å². The first-order valence-corrected chi connectivity index (χ1v) is 8.08. The summed E-state index contributed by atoms with van der Waals surface area (Å²) in [6, 6.07) is 5.49. The molecule has 1 unspecified atom stereocenters. The maximum Gasteiger partial charge on any atom is 0.356 e. The number of hydrogen-bond donors (Lipinski definition) is 2. The summed E-state index contributed by atoms with van der Waals surface area (Å²) in [5.41, 5.74) is 0.748. The molecule has 25 heavy (non-hydrogen) atoms. The van der Waals surface area contributed by atoms with Gasteiger partial charge >= 0.3 is 5.97 Å². The van der Waals surface area contributed by atoms with Gasteiger partial charge in [-0.15, -0.1) is 0 Å². The first kappa shape index (κ1) is 16.8. The predicted octanol–water partition coefficient (Wildman–Crippen LogP) is 1.73. The fourth-order valence-electron chi connectivity index (χ4n) is 2.84. The van der Waals surface area contributed by atoms with Crippen LogP contribution >= 0.6 is 0 Å². The van der Waals surface area contributed by atoms with Crippen LogP contribution in [0.5, 0.6) is 0 Å². The number of rotatable bonds is 4. The molecule has 1 saturated heterocycles. The van der Waals surface area contributed by atoms with Gasteiger partial charge in [-0.1, -0.05) is 6.07 Å². The number of aromatic carboxylic acids is 1. The van der Waals surface area contributed by atoms with Crippen molar-refractivity contribution >= 4 is 23.5 Å². The van der Waals surface area contributed by atoms with Crippen LogP contribution in [0.4, 0.5) is 11.6 Å². The number of carbonyl (C=O) groups is 2. The van der Waals surface area contributed by atoms with Gasteiger partial charge < -0.3 is 15.3 Å². The maximum absolute atomic E-state index is 12.5. The highest BCUT2D eigenvalue weighted by molar-refractivity contribution is 5.92. The summed E-state index contributed by atoms with van der Waals surface area (Å²) in [4.78, 5) is 37.6. The Labute approximate surface area is 144 Å². The summed E-state index contributed by atoms with van der Waals surface area (Å²) in [7, 11) is 0. The van der Waals surface area contributed by atoms with E-state index in [2.05, 4.69) is 20.3 Å². The van der Waals surface area contributed by atoms with E-state index in [1.54, 1.807) is 6.07 Å². The van der Waals surface area contributed by atoms with Crippen LogP contribution in [-0.2, 0) is 4.79 Å². The van der Waals surface area contributed by atoms with Crippen LogP contribution in [0, 0.1) is 12.8 Å². The van der Waals surface area contributed by atoms with Crippen molar-refractivity contribution in [3.8, 4) is 0 Å². The zero-order chi connectivity index (χ0) is 17.8. The average Bonchev–Trinajstić information content (AvgIpc) is 2.62. The Bertz CT molecular complexity index is 778. The molecule has 0 spiro atoms. The van der Waals surface area contributed by atoms with Crippen molar-refractivity contribution in [1.82, 2.24) is 15.0 Å². The molecule has 2 N–H and O–H groups in total. The van der Waals surface area contributed by atoms with Gasteiger partial charge in [-0.25, -0.2) is 19.7 Å². The lowest BCUT2D eigenvalue weighted by molar-refractivity contribution is -0.120. The molecule has 130 valence electrons. The van der Waals surface area contributed by atoms with Crippen molar-refractivity contribution < 1.29 is 14.7 Å². The minimum Gasteiger partial charge on any atom is -0.476 e. The molecule has 0 bridgehead atoms.